The van der Waals surface area contributed by atoms with Gasteiger partial charge in [-0.15, -0.1) is 0 Å². The molecular formula is C15H15N3O3. The molecule has 0 unspecified atom stereocenters. The minimum atomic E-state index is -0.879. The van der Waals surface area contributed by atoms with Crippen molar-refractivity contribution in [1.82, 2.24) is 4.90 Å². The zero-order valence-corrected chi connectivity index (χ0v) is 11.5. The van der Waals surface area contributed by atoms with Crippen molar-refractivity contribution in [2.45, 2.75) is 24.9 Å². The molecule has 0 aromatic heterocycles. The Morgan fingerprint density at radius 3 is 2.57 bits per heavy atom. The van der Waals surface area contributed by atoms with E-state index in [-0.39, 0.29) is 5.60 Å². The molecule has 1 aromatic carbocycles. The number of nitriles is 1. The van der Waals surface area contributed by atoms with Gasteiger partial charge in [-0.25, -0.2) is 4.79 Å². The largest absolute Gasteiger partial charge is 0.465 e. The fourth-order valence-electron chi connectivity index (χ4n) is 2.79. The number of rotatable bonds is 1. The standard InChI is InChI=1S/C15H15N3O3/c16-10-11-1-3-12(4-2-11)13-9-15(21-17-13)5-7-18(8-6-15)14(19)20/h1-4H,5-9H2,(H,19,20). The molecule has 0 atom stereocenters. The van der Waals surface area contributed by atoms with Gasteiger partial charge in [0.25, 0.3) is 0 Å². The van der Waals surface area contributed by atoms with Crippen LogP contribution in [0.25, 0.3) is 0 Å². The van der Waals surface area contributed by atoms with Gasteiger partial charge in [-0.2, -0.15) is 5.26 Å². The van der Waals surface area contributed by atoms with Crippen LogP contribution in [0.5, 0.6) is 0 Å². The molecule has 1 aromatic rings. The van der Waals surface area contributed by atoms with Gasteiger partial charge < -0.3 is 14.8 Å². The van der Waals surface area contributed by atoms with Crippen LogP contribution in [0.3, 0.4) is 0 Å². The quantitative estimate of drug-likeness (QED) is 0.857. The van der Waals surface area contributed by atoms with E-state index in [1.54, 1.807) is 12.1 Å². The number of hydrogen-bond donors (Lipinski definition) is 1. The first kappa shape index (κ1) is 13.4. The summed E-state index contributed by atoms with van der Waals surface area (Å²) in [5.41, 5.74) is 2.06. The lowest BCUT2D eigenvalue weighted by molar-refractivity contribution is -0.0576. The van der Waals surface area contributed by atoms with Crippen LogP contribution in [0, 0.1) is 11.3 Å². The molecule has 1 spiro atoms. The van der Waals surface area contributed by atoms with Crippen molar-refractivity contribution in [1.29, 1.82) is 5.26 Å². The van der Waals surface area contributed by atoms with Crippen LogP contribution >= 0.6 is 0 Å². The number of benzene rings is 1. The molecule has 1 fully saturated rings. The Bertz CT molecular complexity index is 623. The van der Waals surface area contributed by atoms with Crippen LogP contribution in [0.1, 0.15) is 30.4 Å². The van der Waals surface area contributed by atoms with Crippen molar-refractivity contribution in [3.8, 4) is 6.07 Å². The monoisotopic (exact) mass is 285 g/mol. The first-order valence-corrected chi connectivity index (χ1v) is 6.85. The third kappa shape index (κ3) is 2.55. The molecule has 0 saturated carbocycles. The summed E-state index contributed by atoms with van der Waals surface area (Å²) in [6, 6.07) is 9.34. The second-order valence-corrected chi connectivity index (χ2v) is 5.45. The third-order valence-corrected chi connectivity index (χ3v) is 4.13. The van der Waals surface area contributed by atoms with Gasteiger partial charge in [0, 0.05) is 32.4 Å². The fraction of sp³-hybridized carbons (Fsp3) is 0.400. The zero-order chi connectivity index (χ0) is 14.9. The van der Waals surface area contributed by atoms with Gasteiger partial charge in [0.15, 0.2) is 0 Å². The summed E-state index contributed by atoms with van der Waals surface area (Å²) < 4.78 is 0. The average Bonchev–Trinajstić information content (AvgIpc) is 2.92. The molecule has 1 saturated heterocycles. The lowest BCUT2D eigenvalue weighted by Gasteiger charge is -2.35. The highest BCUT2D eigenvalue weighted by molar-refractivity contribution is 6.01. The molecular weight excluding hydrogens is 270 g/mol. The third-order valence-electron chi connectivity index (χ3n) is 4.13. The molecule has 0 bridgehead atoms. The van der Waals surface area contributed by atoms with E-state index in [4.69, 9.17) is 15.2 Å². The summed E-state index contributed by atoms with van der Waals surface area (Å²) in [5.74, 6) is 0. The highest BCUT2D eigenvalue weighted by atomic mass is 16.7. The molecule has 2 aliphatic heterocycles. The average molecular weight is 285 g/mol. The number of carbonyl (C=O) groups is 1. The Balaban J connectivity index is 1.67. The number of amides is 1. The number of piperidine rings is 1. The van der Waals surface area contributed by atoms with Crippen molar-refractivity contribution in [3.05, 3.63) is 35.4 Å². The molecule has 108 valence electrons. The highest BCUT2D eigenvalue weighted by Crippen LogP contribution is 2.36. The van der Waals surface area contributed by atoms with Crippen LogP contribution in [-0.2, 0) is 4.84 Å². The number of oxime groups is 1. The topological polar surface area (TPSA) is 85.9 Å². The minimum Gasteiger partial charge on any atom is -0.465 e. The van der Waals surface area contributed by atoms with E-state index < -0.39 is 6.09 Å². The molecule has 1 amide bonds. The summed E-state index contributed by atoms with van der Waals surface area (Å²) in [4.78, 5) is 18.0. The molecule has 6 heteroatoms. The van der Waals surface area contributed by atoms with E-state index >= 15 is 0 Å². The molecule has 2 heterocycles. The minimum absolute atomic E-state index is 0.366. The number of nitrogens with zero attached hydrogens (tertiary/aromatic N) is 3. The molecule has 3 rings (SSSR count). The smallest absolute Gasteiger partial charge is 0.407 e. The van der Waals surface area contributed by atoms with E-state index in [1.165, 1.54) is 4.90 Å². The first-order valence-electron chi connectivity index (χ1n) is 6.85. The molecule has 6 nitrogen and oxygen atoms in total. The van der Waals surface area contributed by atoms with Crippen LogP contribution in [0.4, 0.5) is 4.79 Å². The maximum Gasteiger partial charge on any atom is 0.407 e. The van der Waals surface area contributed by atoms with Gasteiger partial charge >= 0.3 is 6.09 Å². The first-order chi connectivity index (χ1) is 10.1. The van der Waals surface area contributed by atoms with E-state index in [1.807, 2.05) is 12.1 Å². The van der Waals surface area contributed by atoms with Crippen LogP contribution in [0.2, 0.25) is 0 Å². The van der Waals surface area contributed by atoms with Crippen molar-refractivity contribution in [2.24, 2.45) is 5.16 Å². The fourth-order valence-corrected chi connectivity index (χ4v) is 2.79. The highest BCUT2D eigenvalue weighted by Gasteiger charge is 2.43. The Morgan fingerprint density at radius 1 is 1.33 bits per heavy atom. The summed E-state index contributed by atoms with van der Waals surface area (Å²) in [6.45, 7) is 0.955. The van der Waals surface area contributed by atoms with Crippen molar-refractivity contribution >= 4 is 11.8 Å². The molecule has 2 aliphatic rings. The van der Waals surface area contributed by atoms with Crippen molar-refractivity contribution in [3.63, 3.8) is 0 Å². The molecule has 1 N–H and O–H groups in total. The predicted octanol–water partition coefficient (Wildman–Crippen LogP) is 2.20. The Hall–Kier alpha value is -2.55. The number of carboxylic acid groups (broad SMARTS) is 1. The van der Waals surface area contributed by atoms with Crippen LogP contribution < -0.4 is 0 Å². The van der Waals surface area contributed by atoms with Gasteiger partial charge in [-0.1, -0.05) is 17.3 Å². The summed E-state index contributed by atoms with van der Waals surface area (Å²) in [7, 11) is 0. The Labute approximate surface area is 122 Å². The predicted molar refractivity (Wildman–Crippen MR) is 75.0 cm³/mol. The summed E-state index contributed by atoms with van der Waals surface area (Å²) >= 11 is 0. The van der Waals surface area contributed by atoms with Crippen LogP contribution in [0.15, 0.2) is 29.4 Å². The van der Waals surface area contributed by atoms with Gasteiger partial charge in [0.1, 0.15) is 5.60 Å². The maximum atomic E-state index is 10.9. The maximum absolute atomic E-state index is 10.9. The lowest BCUT2D eigenvalue weighted by atomic mass is 9.85. The zero-order valence-electron chi connectivity index (χ0n) is 11.5. The van der Waals surface area contributed by atoms with Crippen LogP contribution in [-0.4, -0.2) is 40.5 Å². The second-order valence-electron chi connectivity index (χ2n) is 5.45. The van der Waals surface area contributed by atoms with E-state index in [9.17, 15) is 4.79 Å². The normalized spacial score (nSPS) is 19.8. The van der Waals surface area contributed by atoms with Crippen molar-refractivity contribution in [2.75, 3.05) is 13.1 Å². The summed E-state index contributed by atoms with van der Waals surface area (Å²) in [6.07, 6.45) is 1.12. The second kappa shape index (κ2) is 5.09. The van der Waals surface area contributed by atoms with Gasteiger partial charge in [0.05, 0.1) is 17.3 Å². The SMILES string of the molecule is N#Cc1ccc(C2=NOC3(CCN(C(=O)O)CC3)C2)cc1. The summed E-state index contributed by atoms with van der Waals surface area (Å²) in [5, 5.41) is 22.0. The van der Waals surface area contributed by atoms with E-state index in [0.29, 0.717) is 37.9 Å². The van der Waals surface area contributed by atoms with E-state index in [2.05, 4.69) is 11.2 Å². The van der Waals surface area contributed by atoms with Gasteiger partial charge in [0.2, 0.25) is 0 Å². The molecule has 0 aliphatic carbocycles. The Kier molecular flexibility index (Phi) is 3.26. The number of likely N-dealkylation sites (tertiary alicyclic amines) is 1. The van der Waals surface area contributed by atoms with Crippen molar-refractivity contribution < 1.29 is 14.7 Å². The van der Waals surface area contributed by atoms with Gasteiger partial charge in [-0.3, -0.25) is 0 Å². The van der Waals surface area contributed by atoms with Gasteiger partial charge in [-0.05, 0) is 17.7 Å². The molecule has 21 heavy (non-hydrogen) atoms. The number of hydrogen-bond acceptors (Lipinski definition) is 4. The lowest BCUT2D eigenvalue weighted by Crippen LogP contribution is -2.46. The molecule has 0 radical (unpaired) electrons. The Morgan fingerprint density at radius 2 is 2.00 bits per heavy atom. The van der Waals surface area contributed by atoms with E-state index in [0.717, 1.165) is 11.3 Å².